The minimum absolute atomic E-state index is 0.333. The molecule has 5 heteroatoms. The molecular weight excluding hydrogens is 360 g/mol. The second-order valence-electron chi connectivity index (χ2n) is 6.13. The number of rotatable bonds is 6. The zero-order chi connectivity index (χ0) is 18.6. The molecule has 0 amide bonds. The van der Waals surface area contributed by atoms with Crippen molar-refractivity contribution >= 4 is 22.6 Å². The van der Waals surface area contributed by atoms with Crippen LogP contribution in [-0.2, 0) is 13.2 Å². The average molecular weight is 379 g/mol. The third-order valence-electron chi connectivity index (χ3n) is 4.45. The number of methoxy groups -OCH3 is 1. The first-order valence-corrected chi connectivity index (χ1v) is 9.07. The van der Waals surface area contributed by atoms with E-state index < -0.39 is 0 Å². The SMILES string of the molecule is COc1ccccc1OCc1nc2ccccc2n1Cc1ccccc1Cl. The van der Waals surface area contributed by atoms with Gasteiger partial charge in [0.15, 0.2) is 11.5 Å². The van der Waals surface area contributed by atoms with Gasteiger partial charge in [0.05, 0.1) is 24.7 Å². The van der Waals surface area contributed by atoms with Crippen LogP contribution in [0.2, 0.25) is 5.02 Å². The number of benzene rings is 3. The number of aromatic nitrogens is 2. The van der Waals surface area contributed by atoms with Gasteiger partial charge in [0.2, 0.25) is 0 Å². The number of hydrogen-bond donors (Lipinski definition) is 0. The van der Waals surface area contributed by atoms with E-state index in [1.54, 1.807) is 7.11 Å². The van der Waals surface area contributed by atoms with Gasteiger partial charge in [0, 0.05) is 5.02 Å². The molecule has 4 nitrogen and oxygen atoms in total. The molecule has 136 valence electrons. The van der Waals surface area contributed by atoms with Gasteiger partial charge in [-0.1, -0.05) is 54.1 Å². The second-order valence-corrected chi connectivity index (χ2v) is 6.54. The van der Waals surface area contributed by atoms with E-state index in [1.165, 1.54) is 0 Å². The smallest absolute Gasteiger partial charge is 0.161 e. The highest BCUT2D eigenvalue weighted by molar-refractivity contribution is 6.31. The zero-order valence-electron chi connectivity index (χ0n) is 14.9. The molecule has 0 saturated heterocycles. The first-order chi connectivity index (χ1) is 13.3. The topological polar surface area (TPSA) is 36.3 Å². The van der Waals surface area contributed by atoms with Crippen LogP contribution in [0.4, 0.5) is 0 Å². The molecule has 0 radical (unpaired) electrons. The summed E-state index contributed by atoms with van der Waals surface area (Å²) in [5.74, 6) is 2.23. The first-order valence-electron chi connectivity index (χ1n) is 8.69. The highest BCUT2D eigenvalue weighted by atomic mass is 35.5. The third-order valence-corrected chi connectivity index (χ3v) is 4.81. The number of hydrogen-bond acceptors (Lipinski definition) is 3. The molecular formula is C22H19ClN2O2. The van der Waals surface area contributed by atoms with Crippen LogP contribution >= 0.6 is 11.6 Å². The molecule has 4 aromatic rings. The summed E-state index contributed by atoms with van der Waals surface area (Å²) in [6.45, 7) is 0.963. The van der Waals surface area contributed by atoms with Gasteiger partial charge < -0.3 is 14.0 Å². The largest absolute Gasteiger partial charge is 0.493 e. The van der Waals surface area contributed by atoms with E-state index in [4.69, 9.17) is 26.1 Å². The molecule has 0 aliphatic carbocycles. The molecule has 27 heavy (non-hydrogen) atoms. The van der Waals surface area contributed by atoms with E-state index in [1.807, 2.05) is 66.7 Å². The van der Waals surface area contributed by atoms with Crippen molar-refractivity contribution in [2.45, 2.75) is 13.2 Å². The Morgan fingerprint density at radius 2 is 1.59 bits per heavy atom. The van der Waals surface area contributed by atoms with Gasteiger partial charge in [-0.15, -0.1) is 0 Å². The Bertz CT molecular complexity index is 1070. The van der Waals surface area contributed by atoms with Gasteiger partial charge in [0.25, 0.3) is 0 Å². The van der Waals surface area contributed by atoms with E-state index in [-0.39, 0.29) is 0 Å². The fourth-order valence-electron chi connectivity index (χ4n) is 3.09. The molecule has 0 bridgehead atoms. The van der Waals surface area contributed by atoms with Crippen LogP contribution in [0.25, 0.3) is 11.0 Å². The minimum atomic E-state index is 0.333. The van der Waals surface area contributed by atoms with Crippen molar-refractivity contribution in [2.24, 2.45) is 0 Å². The summed E-state index contributed by atoms with van der Waals surface area (Å²) < 4.78 is 13.5. The van der Waals surface area contributed by atoms with Crippen molar-refractivity contribution in [2.75, 3.05) is 7.11 Å². The van der Waals surface area contributed by atoms with Crippen LogP contribution in [0.5, 0.6) is 11.5 Å². The lowest BCUT2D eigenvalue weighted by Gasteiger charge is -2.13. The Hall–Kier alpha value is -2.98. The zero-order valence-corrected chi connectivity index (χ0v) is 15.7. The van der Waals surface area contributed by atoms with Crippen molar-refractivity contribution in [1.29, 1.82) is 0 Å². The van der Waals surface area contributed by atoms with Crippen LogP contribution in [0.3, 0.4) is 0 Å². The van der Waals surface area contributed by atoms with Crippen molar-refractivity contribution in [3.05, 3.63) is 89.2 Å². The highest BCUT2D eigenvalue weighted by Crippen LogP contribution is 2.28. The van der Waals surface area contributed by atoms with Gasteiger partial charge in [-0.25, -0.2) is 4.98 Å². The summed E-state index contributed by atoms with van der Waals surface area (Å²) in [6, 6.07) is 23.5. The fraction of sp³-hybridized carbons (Fsp3) is 0.136. The van der Waals surface area contributed by atoms with E-state index in [0.29, 0.717) is 24.7 Å². The van der Waals surface area contributed by atoms with Crippen molar-refractivity contribution in [1.82, 2.24) is 9.55 Å². The van der Waals surface area contributed by atoms with Crippen molar-refractivity contribution in [3.8, 4) is 11.5 Å². The van der Waals surface area contributed by atoms with Crippen LogP contribution in [-0.4, -0.2) is 16.7 Å². The Morgan fingerprint density at radius 3 is 2.41 bits per heavy atom. The maximum Gasteiger partial charge on any atom is 0.161 e. The van der Waals surface area contributed by atoms with Crippen LogP contribution in [0, 0.1) is 0 Å². The van der Waals surface area contributed by atoms with Gasteiger partial charge in [0.1, 0.15) is 12.4 Å². The molecule has 0 N–H and O–H groups in total. The summed E-state index contributed by atoms with van der Waals surface area (Å²) in [6.07, 6.45) is 0. The number of ether oxygens (including phenoxy) is 2. The standard InChI is InChI=1S/C22H19ClN2O2/c1-26-20-12-6-7-13-21(20)27-15-22-24-18-10-4-5-11-19(18)25(22)14-16-8-2-3-9-17(16)23/h2-13H,14-15H2,1H3. The molecule has 0 spiro atoms. The first kappa shape index (κ1) is 17.4. The maximum atomic E-state index is 6.38. The second kappa shape index (κ2) is 7.72. The number of imidazole rings is 1. The minimum Gasteiger partial charge on any atom is -0.493 e. The summed E-state index contributed by atoms with van der Waals surface area (Å²) in [7, 11) is 1.63. The number of halogens is 1. The lowest BCUT2D eigenvalue weighted by atomic mass is 10.2. The predicted octanol–water partition coefficient (Wildman–Crippen LogP) is 5.33. The fourth-order valence-corrected chi connectivity index (χ4v) is 3.28. The summed E-state index contributed by atoms with van der Waals surface area (Å²) >= 11 is 6.38. The maximum absolute atomic E-state index is 6.38. The van der Waals surface area contributed by atoms with E-state index in [2.05, 4.69) is 10.6 Å². The Balaban J connectivity index is 1.69. The molecule has 1 heterocycles. The van der Waals surface area contributed by atoms with Crippen LogP contribution in [0.1, 0.15) is 11.4 Å². The van der Waals surface area contributed by atoms with Gasteiger partial charge >= 0.3 is 0 Å². The van der Waals surface area contributed by atoms with Crippen LogP contribution in [0.15, 0.2) is 72.8 Å². The molecule has 0 aliphatic rings. The van der Waals surface area contributed by atoms with Crippen molar-refractivity contribution in [3.63, 3.8) is 0 Å². The Labute approximate surface area is 162 Å². The summed E-state index contributed by atoms with van der Waals surface area (Å²) in [4.78, 5) is 4.76. The number of nitrogens with zero attached hydrogens (tertiary/aromatic N) is 2. The Morgan fingerprint density at radius 1 is 0.889 bits per heavy atom. The van der Waals surface area contributed by atoms with Gasteiger partial charge in [-0.2, -0.15) is 0 Å². The monoisotopic (exact) mass is 378 g/mol. The van der Waals surface area contributed by atoms with Crippen LogP contribution < -0.4 is 9.47 Å². The molecule has 1 aromatic heterocycles. The normalized spacial score (nSPS) is 10.9. The highest BCUT2D eigenvalue weighted by Gasteiger charge is 2.13. The lowest BCUT2D eigenvalue weighted by molar-refractivity contribution is 0.273. The molecule has 4 rings (SSSR count). The van der Waals surface area contributed by atoms with E-state index in [0.717, 1.165) is 27.4 Å². The van der Waals surface area contributed by atoms with Gasteiger partial charge in [-0.05, 0) is 35.9 Å². The summed E-state index contributed by atoms with van der Waals surface area (Å²) in [5.41, 5.74) is 3.03. The summed E-state index contributed by atoms with van der Waals surface area (Å²) in [5, 5.41) is 0.742. The molecule has 3 aromatic carbocycles. The molecule has 0 fully saturated rings. The lowest BCUT2D eigenvalue weighted by Crippen LogP contribution is -2.09. The molecule has 0 aliphatic heterocycles. The van der Waals surface area contributed by atoms with Gasteiger partial charge in [-0.3, -0.25) is 0 Å². The average Bonchev–Trinajstić information content (AvgIpc) is 3.06. The predicted molar refractivity (Wildman–Crippen MR) is 108 cm³/mol. The molecule has 0 atom stereocenters. The quantitative estimate of drug-likeness (QED) is 0.455. The molecule has 0 unspecified atom stereocenters. The number of fused-ring (bicyclic) bond motifs is 1. The number of para-hydroxylation sites is 4. The van der Waals surface area contributed by atoms with E-state index >= 15 is 0 Å². The Kier molecular flexibility index (Phi) is 4.99. The molecule has 0 saturated carbocycles. The van der Waals surface area contributed by atoms with Crippen molar-refractivity contribution < 1.29 is 9.47 Å². The van der Waals surface area contributed by atoms with E-state index in [9.17, 15) is 0 Å². The third kappa shape index (κ3) is 3.62.